The third kappa shape index (κ3) is 3.36. The van der Waals surface area contributed by atoms with Crippen LogP contribution in [0.1, 0.15) is 18.5 Å². The van der Waals surface area contributed by atoms with Gasteiger partial charge in [0.2, 0.25) is 5.91 Å². The van der Waals surface area contributed by atoms with Gasteiger partial charge in [0, 0.05) is 0 Å². The number of hydrogen-bond acceptors (Lipinski definition) is 3. The van der Waals surface area contributed by atoms with Crippen molar-refractivity contribution in [2.24, 2.45) is 5.73 Å². The molecule has 2 aromatic rings. The summed E-state index contributed by atoms with van der Waals surface area (Å²) < 4.78 is 5.47. The lowest BCUT2D eigenvalue weighted by Gasteiger charge is -2.15. The molecule has 2 aromatic carbocycles. The topological polar surface area (TPSA) is 64.3 Å². The van der Waals surface area contributed by atoms with Gasteiger partial charge in [0.05, 0.1) is 12.3 Å². The minimum atomic E-state index is -0.703. The van der Waals surface area contributed by atoms with Crippen LogP contribution in [0.5, 0.6) is 5.75 Å². The van der Waals surface area contributed by atoms with Crippen LogP contribution in [0.3, 0.4) is 0 Å². The highest BCUT2D eigenvalue weighted by molar-refractivity contribution is 5.96. The Kier molecular flexibility index (Phi) is 4.74. The molecule has 1 unspecified atom stereocenters. The van der Waals surface area contributed by atoms with E-state index in [9.17, 15) is 4.79 Å². The standard InChI is InChI=1S/C16H18N2O2/c1-2-20-14-11-7-6-10-13(14)18-16(19)15(17)12-8-4-3-5-9-12/h3-11,15H,2,17H2,1H3,(H,18,19). The predicted molar refractivity (Wildman–Crippen MR) is 79.6 cm³/mol. The van der Waals surface area contributed by atoms with E-state index in [1.54, 1.807) is 6.07 Å². The van der Waals surface area contributed by atoms with Crippen molar-refractivity contribution in [2.45, 2.75) is 13.0 Å². The molecule has 0 spiro atoms. The Morgan fingerprint density at radius 3 is 2.50 bits per heavy atom. The monoisotopic (exact) mass is 270 g/mol. The van der Waals surface area contributed by atoms with Crippen molar-refractivity contribution in [1.29, 1.82) is 0 Å². The van der Waals surface area contributed by atoms with Gasteiger partial charge in [-0.1, -0.05) is 42.5 Å². The van der Waals surface area contributed by atoms with E-state index >= 15 is 0 Å². The van der Waals surface area contributed by atoms with Crippen molar-refractivity contribution in [3.8, 4) is 5.75 Å². The molecule has 0 saturated carbocycles. The van der Waals surface area contributed by atoms with Gasteiger partial charge in [-0.2, -0.15) is 0 Å². The molecule has 1 atom stereocenters. The summed E-state index contributed by atoms with van der Waals surface area (Å²) in [6.45, 7) is 2.44. The zero-order chi connectivity index (χ0) is 14.4. The van der Waals surface area contributed by atoms with Gasteiger partial charge in [-0.3, -0.25) is 4.79 Å². The number of nitrogens with one attached hydrogen (secondary N) is 1. The number of anilines is 1. The number of carbonyl (C=O) groups excluding carboxylic acids is 1. The number of hydrogen-bond donors (Lipinski definition) is 2. The molecule has 0 saturated heterocycles. The van der Waals surface area contributed by atoms with Crippen molar-refractivity contribution >= 4 is 11.6 Å². The molecule has 20 heavy (non-hydrogen) atoms. The van der Waals surface area contributed by atoms with Crippen LogP contribution in [-0.2, 0) is 4.79 Å². The number of para-hydroxylation sites is 2. The molecule has 3 N–H and O–H groups in total. The SMILES string of the molecule is CCOc1ccccc1NC(=O)C(N)c1ccccc1. The lowest BCUT2D eigenvalue weighted by atomic mass is 10.1. The zero-order valence-electron chi connectivity index (χ0n) is 11.4. The minimum absolute atomic E-state index is 0.261. The van der Waals surface area contributed by atoms with Gasteiger partial charge in [0.15, 0.2) is 0 Å². The Hall–Kier alpha value is -2.33. The number of carbonyl (C=O) groups is 1. The Morgan fingerprint density at radius 1 is 1.15 bits per heavy atom. The fourth-order valence-electron chi connectivity index (χ4n) is 1.87. The predicted octanol–water partition coefficient (Wildman–Crippen LogP) is 2.72. The van der Waals surface area contributed by atoms with Crippen LogP contribution in [0.4, 0.5) is 5.69 Å². The first-order valence-corrected chi connectivity index (χ1v) is 6.55. The average molecular weight is 270 g/mol. The second-order valence-corrected chi connectivity index (χ2v) is 4.31. The third-order valence-corrected chi connectivity index (χ3v) is 2.89. The normalized spacial score (nSPS) is 11.7. The highest BCUT2D eigenvalue weighted by Crippen LogP contribution is 2.24. The van der Waals surface area contributed by atoms with Crippen molar-refractivity contribution in [3.63, 3.8) is 0 Å². The Balaban J connectivity index is 2.12. The highest BCUT2D eigenvalue weighted by atomic mass is 16.5. The molecule has 0 fully saturated rings. The first-order valence-electron chi connectivity index (χ1n) is 6.55. The second kappa shape index (κ2) is 6.73. The third-order valence-electron chi connectivity index (χ3n) is 2.89. The van der Waals surface area contributed by atoms with Crippen molar-refractivity contribution in [1.82, 2.24) is 0 Å². The maximum absolute atomic E-state index is 12.2. The van der Waals surface area contributed by atoms with Crippen LogP contribution in [0, 0.1) is 0 Å². The van der Waals surface area contributed by atoms with Gasteiger partial charge in [-0.05, 0) is 24.6 Å². The van der Waals surface area contributed by atoms with Crippen molar-refractivity contribution < 1.29 is 9.53 Å². The van der Waals surface area contributed by atoms with Crippen LogP contribution >= 0.6 is 0 Å². The zero-order valence-corrected chi connectivity index (χ0v) is 11.4. The summed E-state index contributed by atoms with van der Waals surface area (Å²) in [6.07, 6.45) is 0. The molecular weight excluding hydrogens is 252 g/mol. The first-order chi connectivity index (χ1) is 9.72. The summed E-state index contributed by atoms with van der Waals surface area (Å²) in [4.78, 5) is 12.2. The second-order valence-electron chi connectivity index (χ2n) is 4.31. The van der Waals surface area contributed by atoms with E-state index in [-0.39, 0.29) is 5.91 Å². The van der Waals surface area contributed by atoms with Crippen molar-refractivity contribution in [2.75, 3.05) is 11.9 Å². The molecule has 0 heterocycles. The van der Waals surface area contributed by atoms with Crippen molar-refractivity contribution in [3.05, 3.63) is 60.2 Å². The lowest BCUT2D eigenvalue weighted by Crippen LogP contribution is -2.27. The molecule has 0 radical (unpaired) electrons. The molecule has 4 heteroatoms. The summed E-state index contributed by atoms with van der Waals surface area (Å²) in [5.41, 5.74) is 7.36. The largest absolute Gasteiger partial charge is 0.492 e. The minimum Gasteiger partial charge on any atom is -0.492 e. The van der Waals surface area contributed by atoms with E-state index in [4.69, 9.17) is 10.5 Å². The summed E-state index contributed by atoms with van der Waals surface area (Å²) in [6, 6.07) is 15.9. The molecule has 0 aliphatic rings. The average Bonchev–Trinajstić information content (AvgIpc) is 2.49. The van der Waals surface area contributed by atoms with Gasteiger partial charge in [0.1, 0.15) is 11.8 Å². The summed E-state index contributed by atoms with van der Waals surface area (Å²) in [5, 5.41) is 2.80. The van der Waals surface area contributed by atoms with E-state index in [2.05, 4.69) is 5.32 Å². The lowest BCUT2D eigenvalue weighted by molar-refractivity contribution is -0.117. The van der Waals surface area contributed by atoms with Gasteiger partial charge in [-0.25, -0.2) is 0 Å². The highest BCUT2D eigenvalue weighted by Gasteiger charge is 2.16. The molecule has 1 amide bonds. The van der Waals surface area contributed by atoms with Gasteiger partial charge in [-0.15, -0.1) is 0 Å². The molecule has 0 aliphatic carbocycles. The van der Waals surface area contributed by atoms with Gasteiger partial charge < -0.3 is 15.8 Å². The van der Waals surface area contributed by atoms with Crippen LogP contribution in [0.15, 0.2) is 54.6 Å². The molecule has 2 rings (SSSR count). The molecule has 0 bridgehead atoms. The van der Waals surface area contributed by atoms with E-state index in [1.165, 1.54) is 0 Å². The van der Waals surface area contributed by atoms with Crippen LogP contribution in [0.25, 0.3) is 0 Å². The Bertz CT molecular complexity index is 570. The number of rotatable bonds is 5. The Labute approximate surface area is 118 Å². The van der Waals surface area contributed by atoms with Crippen LogP contribution < -0.4 is 15.8 Å². The molecule has 4 nitrogen and oxygen atoms in total. The Morgan fingerprint density at radius 2 is 1.80 bits per heavy atom. The van der Waals surface area contributed by atoms with E-state index in [1.807, 2.05) is 55.5 Å². The number of amides is 1. The molecule has 0 aromatic heterocycles. The fraction of sp³-hybridized carbons (Fsp3) is 0.188. The van der Waals surface area contributed by atoms with Crippen LogP contribution in [-0.4, -0.2) is 12.5 Å². The van der Waals surface area contributed by atoms with E-state index in [0.717, 1.165) is 5.56 Å². The van der Waals surface area contributed by atoms with Gasteiger partial charge in [0.25, 0.3) is 0 Å². The maximum atomic E-state index is 12.2. The number of benzene rings is 2. The maximum Gasteiger partial charge on any atom is 0.245 e. The molecule has 104 valence electrons. The van der Waals surface area contributed by atoms with Gasteiger partial charge >= 0.3 is 0 Å². The molecule has 0 aliphatic heterocycles. The summed E-state index contributed by atoms with van der Waals surface area (Å²) in [7, 11) is 0. The summed E-state index contributed by atoms with van der Waals surface area (Å²) in [5.74, 6) is 0.381. The fourth-order valence-corrected chi connectivity index (χ4v) is 1.87. The molecular formula is C16H18N2O2. The first kappa shape index (κ1) is 14.1. The number of ether oxygens (including phenoxy) is 1. The smallest absolute Gasteiger partial charge is 0.245 e. The number of nitrogens with two attached hydrogens (primary N) is 1. The van der Waals surface area contributed by atoms with Crippen LogP contribution in [0.2, 0.25) is 0 Å². The van der Waals surface area contributed by atoms with E-state index in [0.29, 0.717) is 18.0 Å². The van der Waals surface area contributed by atoms with E-state index < -0.39 is 6.04 Å². The summed E-state index contributed by atoms with van der Waals surface area (Å²) >= 11 is 0. The quantitative estimate of drug-likeness (QED) is 0.878.